The zero-order valence-electron chi connectivity index (χ0n) is 17.9. The quantitative estimate of drug-likeness (QED) is 0.770. The number of rotatable bonds is 6. The first kappa shape index (κ1) is 20.8. The highest BCUT2D eigenvalue weighted by Gasteiger charge is 2.36. The van der Waals surface area contributed by atoms with Gasteiger partial charge in [0.2, 0.25) is 5.91 Å². The fourth-order valence-corrected chi connectivity index (χ4v) is 4.49. The van der Waals surface area contributed by atoms with Crippen LogP contribution in [0.25, 0.3) is 0 Å². The van der Waals surface area contributed by atoms with Crippen molar-refractivity contribution in [2.45, 2.75) is 32.0 Å². The molecule has 2 heterocycles. The largest absolute Gasteiger partial charge is 0.497 e. The molecule has 3 atom stereocenters. The Morgan fingerprint density at radius 2 is 1.70 bits per heavy atom. The van der Waals surface area contributed by atoms with Gasteiger partial charge in [-0.3, -0.25) is 15.1 Å². The Bertz CT molecular complexity index is 819. The molecule has 0 spiro atoms. The van der Waals surface area contributed by atoms with Crippen molar-refractivity contribution in [3.8, 4) is 5.75 Å². The first-order valence-corrected chi connectivity index (χ1v) is 10.8. The predicted molar refractivity (Wildman–Crippen MR) is 118 cm³/mol. The van der Waals surface area contributed by atoms with E-state index in [4.69, 9.17) is 4.74 Å². The van der Waals surface area contributed by atoms with Crippen molar-refractivity contribution in [1.29, 1.82) is 0 Å². The first-order chi connectivity index (χ1) is 14.6. The van der Waals surface area contributed by atoms with E-state index >= 15 is 0 Å². The van der Waals surface area contributed by atoms with E-state index in [1.807, 2.05) is 23.1 Å². The van der Waals surface area contributed by atoms with Crippen LogP contribution in [0.5, 0.6) is 5.75 Å². The van der Waals surface area contributed by atoms with E-state index in [-0.39, 0.29) is 23.9 Å². The first-order valence-electron chi connectivity index (χ1n) is 10.8. The highest BCUT2D eigenvalue weighted by molar-refractivity contribution is 5.76. The van der Waals surface area contributed by atoms with Crippen molar-refractivity contribution in [2.75, 3.05) is 33.3 Å². The van der Waals surface area contributed by atoms with Crippen LogP contribution in [0, 0.1) is 5.92 Å². The second-order valence-electron chi connectivity index (χ2n) is 8.34. The van der Waals surface area contributed by atoms with Gasteiger partial charge in [-0.05, 0) is 30.2 Å². The van der Waals surface area contributed by atoms with Crippen LogP contribution in [-0.4, -0.2) is 55.0 Å². The van der Waals surface area contributed by atoms with Gasteiger partial charge in [0, 0.05) is 51.1 Å². The SMILES string of the molecule is COc1ccc(C2NNC(C)C2CC(=O)N2CCN(Cc3ccccc3)CC2)cc1. The van der Waals surface area contributed by atoms with Crippen molar-refractivity contribution in [2.24, 2.45) is 5.92 Å². The predicted octanol–water partition coefficient (Wildman–Crippen LogP) is 2.58. The molecule has 2 N–H and O–H groups in total. The lowest BCUT2D eigenvalue weighted by Gasteiger charge is -2.35. The summed E-state index contributed by atoms with van der Waals surface area (Å²) in [6.45, 7) is 6.57. The minimum atomic E-state index is 0.120. The molecule has 2 aromatic carbocycles. The van der Waals surface area contributed by atoms with Gasteiger partial charge in [-0.15, -0.1) is 0 Å². The van der Waals surface area contributed by atoms with Crippen LogP contribution in [0.3, 0.4) is 0 Å². The number of nitrogens with zero attached hydrogens (tertiary/aromatic N) is 2. The topological polar surface area (TPSA) is 56.8 Å². The van der Waals surface area contributed by atoms with Crippen LogP contribution < -0.4 is 15.6 Å². The fraction of sp³-hybridized carbons (Fsp3) is 0.458. The molecule has 2 aliphatic rings. The summed E-state index contributed by atoms with van der Waals surface area (Å²) in [6, 6.07) is 19.0. The number of ether oxygens (including phenoxy) is 1. The summed E-state index contributed by atoms with van der Waals surface area (Å²) >= 11 is 0. The molecule has 6 heteroatoms. The maximum Gasteiger partial charge on any atom is 0.223 e. The smallest absolute Gasteiger partial charge is 0.223 e. The van der Waals surface area contributed by atoms with Gasteiger partial charge in [-0.2, -0.15) is 0 Å². The summed E-state index contributed by atoms with van der Waals surface area (Å²) in [5.74, 6) is 1.32. The minimum Gasteiger partial charge on any atom is -0.497 e. The number of carbonyl (C=O) groups is 1. The molecule has 0 aromatic heterocycles. The van der Waals surface area contributed by atoms with E-state index in [1.165, 1.54) is 11.1 Å². The lowest BCUT2D eigenvalue weighted by atomic mass is 9.87. The molecular weight excluding hydrogens is 376 g/mol. The highest BCUT2D eigenvalue weighted by atomic mass is 16.5. The molecule has 2 aromatic rings. The molecule has 1 amide bonds. The van der Waals surface area contributed by atoms with Gasteiger partial charge in [0.05, 0.1) is 13.2 Å². The second-order valence-corrected chi connectivity index (χ2v) is 8.34. The fourth-order valence-electron chi connectivity index (χ4n) is 4.49. The average molecular weight is 409 g/mol. The molecule has 0 saturated carbocycles. The molecule has 4 rings (SSSR count). The van der Waals surface area contributed by atoms with E-state index in [0.29, 0.717) is 6.42 Å². The number of amides is 1. The molecule has 0 radical (unpaired) electrons. The third-order valence-electron chi connectivity index (χ3n) is 6.40. The van der Waals surface area contributed by atoms with Gasteiger partial charge in [0.15, 0.2) is 0 Å². The lowest BCUT2D eigenvalue weighted by Crippen LogP contribution is -2.49. The van der Waals surface area contributed by atoms with Crippen molar-refractivity contribution in [3.05, 3.63) is 65.7 Å². The molecule has 3 unspecified atom stereocenters. The van der Waals surface area contributed by atoms with E-state index < -0.39 is 0 Å². The van der Waals surface area contributed by atoms with Crippen LogP contribution in [-0.2, 0) is 11.3 Å². The van der Waals surface area contributed by atoms with Crippen LogP contribution >= 0.6 is 0 Å². The maximum absolute atomic E-state index is 13.1. The standard InChI is InChI=1S/C24H32N4O2/c1-18-22(24(26-25-18)20-8-10-21(30-2)11-9-20)16-23(29)28-14-12-27(13-15-28)17-19-6-4-3-5-7-19/h3-11,18,22,24-26H,12-17H2,1-2H3. The summed E-state index contributed by atoms with van der Waals surface area (Å²) in [4.78, 5) is 17.5. The number of carbonyl (C=O) groups excluding carboxylic acids is 1. The van der Waals surface area contributed by atoms with Gasteiger partial charge in [-0.1, -0.05) is 42.5 Å². The molecule has 0 aliphatic carbocycles. The van der Waals surface area contributed by atoms with Gasteiger partial charge < -0.3 is 9.64 Å². The summed E-state index contributed by atoms with van der Waals surface area (Å²) in [6.07, 6.45) is 0.552. The van der Waals surface area contributed by atoms with E-state index in [2.05, 4.69) is 59.1 Å². The normalized spacial score (nSPS) is 24.7. The highest BCUT2D eigenvalue weighted by Crippen LogP contribution is 2.32. The molecule has 6 nitrogen and oxygen atoms in total. The molecule has 2 saturated heterocycles. The number of nitrogens with one attached hydrogen (secondary N) is 2. The van der Waals surface area contributed by atoms with Crippen molar-refractivity contribution >= 4 is 5.91 Å². The lowest BCUT2D eigenvalue weighted by molar-refractivity contribution is -0.134. The third kappa shape index (κ3) is 4.83. The summed E-state index contributed by atoms with van der Waals surface area (Å²) in [5.41, 5.74) is 9.22. The number of methoxy groups -OCH3 is 1. The zero-order valence-corrected chi connectivity index (χ0v) is 17.9. The number of piperazine rings is 1. The number of benzene rings is 2. The molecule has 30 heavy (non-hydrogen) atoms. The maximum atomic E-state index is 13.1. The van der Waals surface area contributed by atoms with Gasteiger partial charge in [-0.25, -0.2) is 5.43 Å². The van der Waals surface area contributed by atoms with E-state index in [9.17, 15) is 4.79 Å². The Hall–Kier alpha value is -2.41. The molecule has 160 valence electrons. The Kier molecular flexibility index (Phi) is 6.67. The van der Waals surface area contributed by atoms with Gasteiger partial charge in [0.1, 0.15) is 5.75 Å². The number of hydrogen-bond acceptors (Lipinski definition) is 5. The van der Waals surface area contributed by atoms with Crippen LogP contribution in [0.15, 0.2) is 54.6 Å². The minimum absolute atomic E-state index is 0.120. The van der Waals surface area contributed by atoms with Crippen LogP contribution in [0.4, 0.5) is 0 Å². The van der Waals surface area contributed by atoms with Gasteiger partial charge in [0.25, 0.3) is 0 Å². The Morgan fingerprint density at radius 3 is 2.37 bits per heavy atom. The average Bonchev–Trinajstić information content (AvgIpc) is 3.15. The molecule has 2 fully saturated rings. The zero-order chi connectivity index (χ0) is 20.9. The monoisotopic (exact) mass is 408 g/mol. The summed E-state index contributed by atoms with van der Waals surface area (Å²) in [5, 5.41) is 0. The van der Waals surface area contributed by atoms with Crippen LogP contribution in [0.1, 0.15) is 30.5 Å². The van der Waals surface area contributed by atoms with E-state index in [1.54, 1.807) is 7.11 Å². The summed E-state index contributed by atoms with van der Waals surface area (Å²) in [7, 11) is 1.67. The molecule has 0 bridgehead atoms. The molecule has 2 aliphatic heterocycles. The number of hydrazine groups is 1. The third-order valence-corrected chi connectivity index (χ3v) is 6.40. The van der Waals surface area contributed by atoms with Crippen molar-refractivity contribution < 1.29 is 9.53 Å². The van der Waals surface area contributed by atoms with Crippen LogP contribution in [0.2, 0.25) is 0 Å². The van der Waals surface area contributed by atoms with Gasteiger partial charge >= 0.3 is 0 Å². The second kappa shape index (κ2) is 9.60. The Morgan fingerprint density at radius 1 is 1.00 bits per heavy atom. The summed E-state index contributed by atoms with van der Waals surface area (Å²) < 4.78 is 5.27. The Balaban J connectivity index is 1.32. The Labute approximate surface area is 179 Å². The molecular formula is C24H32N4O2. The van der Waals surface area contributed by atoms with E-state index in [0.717, 1.165) is 38.5 Å². The number of hydrogen-bond donors (Lipinski definition) is 2. The van der Waals surface area contributed by atoms with Crippen molar-refractivity contribution in [3.63, 3.8) is 0 Å². The van der Waals surface area contributed by atoms with Crippen molar-refractivity contribution in [1.82, 2.24) is 20.7 Å².